The molecule has 2 aliphatic rings. The number of hydrogen-bond donors (Lipinski definition) is 2. The summed E-state index contributed by atoms with van der Waals surface area (Å²) < 4.78 is 10.5. The van der Waals surface area contributed by atoms with Gasteiger partial charge in [-0.1, -0.05) is 25.3 Å². The summed E-state index contributed by atoms with van der Waals surface area (Å²) in [6, 6.07) is 5.00. The van der Waals surface area contributed by atoms with Crippen LogP contribution in [0.25, 0.3) is 0 Å². The highest BCUT2D eigenvalue weighted by Gasteiger charge is 2.25. The number of carbonyl (C=O) groups excluding carboxylic acids is 3. The van der Waals surface area contributed by atoms with Crippen LogP contribution >= 0.6 is 0 Å². The number of anilines is 1. The van der Waals surface area contributed by atoms with Crippen LogP contribution in [0.5, 0.6) is 11.5 Å². The van der Waals surface area contributed by atoms with Gasteiger partial charge in [0.25, 0.3) is 0 Å². The molecule has 1 saturated carbocycles. The number of nitrogens with one attached hydrogen (secondary N) is 2. The maximum atomic E-state index is 12.5. The number of amides is 3. The monoisotopic (exact) mass is 387 g/mol. The maximum Gasteiger partial charge on any atom is 0.313 e. The van der Waals surface area contributed by atoms with Crippen molar-refractivity contribution in [1.29, 1.82) is 0 Å². The number of benzene rings is 1. The predicted molar refractivity (Wildman–Crippen MR) is 103 cm³/mol. The van der Waals surface area contributed by atoms with E-state index in [9.17, 15) is 14.4 Å². The lowest BCUT2D eigenvalue weighted by Crippen LogP contribution is -2.47. The van der Waals surface area contributed by atoms with Crippen LogP contribution in [0, 0.1) is 0 Å². The number of carbonyl (C=O) groups is 3. The second-order valence-electron chi connectivity index (χ2n) is 6.90. The van der Waals surface area contributed by atoms with Crippen LogP contribution in [-0.4, -0.2) is 48.5 Å². The largest absolute Gasteiger partial charge is 0.454 e. The van der Waals surface area contributed by atoms with Gasteiger partial charge in [-0.3, -0.25) is 14.4 Å². The molecule has 1 aliphatic carbocycles. The molecule has 1 aromatic rings. The summed E-state index contributed by atoms with van der Waals surface area (Å²) in [4.78, 5) is 38.4. The predicted octanol–water partition coefficient (Wildman–Crippen LogP) is 1.82. The van der Waals surface area contributed by atoms with Crippen molar-refractivity contribution in [3.8, 4) is 11.5 Å². The second-order valence-corrected chi connectivity index (χ2v) is 6.90. The van der Waals surface area contributed by atoms with Crippen molar-refractivity contribution in [3.63, 3.8) is 0 Å². The van der Waals surface area contributed by atoms with Gasteiger partial charge in [0.15, 0.2) is 11.5 Å². The molecular formula is C20H25N3O5. The Hall–Kier alpha value is -3.03. The van der Waals surface area contributed by atoms with Crippen LogP contribution in [0.2, 0.25) is 0 Å². The maximum absolute atomic E-state index is 12.5. The molecular weight excluding hydrogens is 362 g/mol. The molecule has 0 atom stereocenters. The van der Waals surface area contributed by atoms with E-state index in [4.69, 9.17) is 9.47 Å². The fourth-order valence-corrected chi connectivity index (χ4v) is 3.37. The van der Waals surface area contributed by atoms with E-state index in [1.807, 2.05) is 0 Å². The van der Waals surface area contributed by atoms with E-state index in [0.717, 1.165) is 25.7 Å². The summed E-state index contributed by atoms with van der Waals surface area (Å²) in [5, 5.41) is 5.48. The van der Waals surface area contributed by atoms with Gasteiger partial charge in [0, 0.05) is 24.3 Å². The Bertz CT molecular complexity index is 758. The first kappa shape index (κ1) is 19.7. The molecule has 1 aliphatic heterocycles. The van der Waals surface area contributed by atoms with E-state index < -0.39 is 11.8 Å². The zero-order valence-electron chi connectivity index (χ0n) is 15.7. The van der Waals surface area contributed by atoms with Gasteiger partial charge in [0.1, 0.15) is 6.54 Å². The van der Waals surface area contributed by atoms with Gasteiger partial charge in [-0.2, -0.15) is 0 Å². The zero-order chi connectivity index (χ0) is 19.9. The molecule has 0 saturated heterocycles. The minimum atomic E-state index is -0.828. The van der Waals surface area contributed by atoms with Gasteiger partial charge in [-0.25, -0.2) is 0 Å². The van der Waals surface area contributed by atoms with Crippen molar-refractivity contribution >= 4 is 23.4 Å². The minimum Gasteiger partial charge on any atom is -0.454 e. The van der Waals surface area contributed by atoms with Crippen molar-refractivity contribution in [2.24, 2.45) is 0 Å². The van der Waals surface area contributed by atoms with E-state index in [2.05, 4.69) is 17.2 Å². The summed E-state index contributed by atoms with van der Waals surface area (Å²) in [7, 11) is 0. The van der Waals surface area contributed by atoms with Gasteiger partial charge in [0.2, 0.25) is 12.7 Å². The Kier molecular flexibility index (Phi) is 6.52. The summed E-state index contributed by atoms with van der Waals surface area (Å²) in [6.45, 7) is 3.64. The first-order chi connectivity index (χ1) is 13.6. The van der Waals surface area contributed by atoms with Crippen molar-refractivity contribution < 1.29 is 23.9 Å². The number of hydrogen-bond acceptors (Lipinski definition) is 5. The molecule has 8 heteroatoms. The summed E-state index contributed by atoms with van der Waals surface area (Å²) >= 11 is 0. The van der Waals surface area contributed by atoms with Crippen molar-refractivity contribution in [1.82, 2.24) is 10.2 Å². The van der Waals surface area contributed by atoms with Crippen LogP contribution < -0.4 is 20.1 Å². The third-order valence-electron chi connectivity index (χ3n) is 4.77. The Morgan fingerprint density at radius 3 is 2.64 bits per heavy atom. The number of fused-ring (bicyclic) bond motifs is 1. The highest BCUT2D eigenvalue weighted by Crippen LogP contribution is 2.34. The van der Waals surface area contributed by atoms with Crippen molar-refractivity contribution in [3.05, 3.63) is 30.9 Å². The van der Waals surface area contributed by atoms with Crippen LogP contribution in [0.1, 0.15) is 32.1 Å². The molecule has 0 unspecified atom stereocenters. The van der Waals surface area contributed by atoms with Crippen LogP contribution in [0.3, 0.4) is 0 Å². The van der Waals surface area contributed by atoms with Gasteiger partial charge in [0.05, 0.1) is 0 Å². The van der Waals surface area contributed by atoms with E-state index in [1.54, 1.807) is 18.2 Å². The number of rotatable bonds is 6. The zero-order valence-corrected chi connectivity index (χ0v) is 15.7. The van der Waals surface area contributed by atoms with E-state index in [-0.39, 0.29) is 31.8 Å². The summed E-state index contributed by atoms with van der Waals surface area (Å²) in [6.07, 6.45) is 6.76. The molecule has 1 heterocycles. The number of nitrogens with zero attached hydrogens (tertiary/aromatic N) is 1. The third kappa shape index (κ3) is 5.03. The third-order valence-corrected chi connectivity index (χ3v) is 4.77. The van der Waals surface area contributed by atoms with Crippen molar-refractivity contribution in [2.75, 3.05) is 25.2 Å². The van der Waals surface area contributed by atoms with Gasteiger partial charge >= 0.3 is 11.8 Å². The fourth-order valence-electron chi connectivity index (χ4n) is 3.37. The molecule has 0 aromatic heterocycles. The van der Waals surface area contributed by atoms with Crippen LogP contribution in [-0.2, 0) is 14.4 Å². The first-order valence-corrected chi connectivity index (χ1v) is 9.47. The molecule has 1 aromatic carbocycles. The van der Waals surface area contributed by atoms with E-state index in [0.29, 0.717) is 17.2 Å². The highest BCUT2D eigenvalue weighted by molar-refractivity contribution is 6.39. The summed E-state index contributed by atoms with van der Waals surface area (Å²) in [5.41, 5.74) is 0.410. The fraction of sp³-hybridized carbons (Fsp3) is 0.450. The second kappa shape index (κ2) is 9.25. The smallest absolute Gasteiger partial charge is 0.313 e. The quantitative estimate of drug-likeness (QED) is 0.573. The van der Waals surface area contributed by atoms with Gasteiger partial charge in [-0.05, 0) is 25.0 Å². The molecule has 0 bridgehead atoms. The molecule has 3 amide bonds. The summed E-state index contributed by atoms with van der Waals surface area (Å²) in [5.74, 6) is -0.808. The lowest BCUT2D eigenvalue weighted by atomic mass is 9.95. The SMILES string of the molecule is C=CCN(CC(=O)NC1CCCCC1)C(=O)C(=O)Nc1ccc2c(c1)OCO2. The van der Waals surface area contributed by atoms with Gasteiger partial charge in [-0.15, -0.1) is 6.58 Å². The molecule has 0 spiro atoms. The molecule has 0 radical (unpaired) electrons. The normalized spacial score (nSPS) is 15.6. The van der Waals surface area contributed by atoms with E-state index in [1.165, 1.54) is 17.4 Å². The average Bonchev–Trinajstić information content (AvgIpc) is 3.15. The lowest BCUT2D eigenvalue weighted by molar-refractivity contribution is -0.144. The van der Waals surface area contributed by atoms with Gasteiger partial charge < -0.3 is 25.0 Å². The molecule has 3 rings (SSSR count). The Morgan fingerprint density at radius 2 is 1.89 bits per heavy atom. The Balaban J connectivity index is 1.57. The molecule has 28 heavy (non-hydrogen) atoms. The highest BCUT2D eigenvalue weighted by atomic mass is 16.7. The first-order valence-electron chi connectivity index (χ1n) is 9.47. The molecule has 150 valence electrons. The lowest BCUT2D eigenvalue weighted by Gasteiger charge is -2.25. The van der Waals surface area contributed by atoms with Crippen molar-refractivity contribution in [2.45, 2.75) is 38.1 Å². The topological polar surface area (TPSA) is 97.0 Å². The Labute approximate surface area is 163 Å². The Morgan fingerprint density at radius 1 is 1.14 bits per heavy atom. The van der Waals surface area contributed by atoms with Crippen LogP contribution in [0.4, 0.5) is 5.69 Å². The molecule has 2 N–H and O–H groups in total. The number of ether oxygens (including phenoxy) is 2. The van der Waals surface area contributed by atoms with E-state index >= 15 is 0 Å². The minimum absolute atomic E-state index is 0.103. The molecule has 8 nitrogen and oxygen atoms in total. The average molecular weight is 387 g/mol. The standard InChI is InChI=1S/C20H25N3O5/c1-2-10-23(12-18(24)21-14-6-4-3-5-7-14)20(26)19(25)22-15-8-9-16-17(11-15)28-13-27-16/h2,8-9,11,14H,1,3-7,10,12-13H2,(H,21,24)(H,22,25). The van der Waals surface area contributed by atoms with Crippen LogP contribution in [0.15, 0.2) is 30.9 Å². The molecule has 1 fully saturated rings.